The van der Waals surface area contributed by atoms with Crippen LogP contribution in [0.1, 0.15) is 18.4 Å². The highest BCUT2D eigenvalue weighted by Crippen LogP contribution is 2.37. The molecule has 0 fully saturated rings. The number of hydrogen-bond donors (Lipinski definition) is 3. The van der Waals surface area contributed by atoms with Crippen molar-refractivity contribution in [2.45, 2.75) is 23.0 Å². The predicted octanol–water partition coefficient (Wildman–Crippen LogP) is 1.25. The number of carbonyl (C=O) groups is 2. The molecule has 0 saturated carbocycles. The first-order valence-corrected chi connectivity index (χ1v) is 6.45. The van der Waals surface area contributed by atoms with Gasteiger partial charge in [-0.05, 0) is 24.6 Å². The summed E-state index contributed by atoms with van der Waals surface area (Å²) in [6.45, 7) is 1.86. The van der Waals surface area contributed by atoms with Gasteiger partial charge in [0.2, 0.25) is 5.91 Å². The Balaban J connectivity index is 2.35. The van der Waals surface area contributed by atoms with Crippen LogP contribution in [0.2, 0.25) is 0 Å². The minimum absolute atomic E-state index is 0.0333. The molecular formula is C12H14N2O3S. The molecule has 0 spiro atoms. The van der Waals surface area contributed by atoms with Gasteiger partial charge in [0.1, 0.15) is 0 Å². The largest absolute Gasteiger partial charge is 0.481 e. The number of hydrogen-bond acceptors (Lipinski definition) is 4. The molecule has 0 aromatic heterocycles. The van der Waals surface area contributed by atoms with Gasteiger partial charge >= 0.3 is 5.97 Å². The van der Waals surface area contributed by atoms with Crippen LogP contribution < -0.4 is 11.1 Å². The van der Waals surface area contributed by atoms with Crippen molar-refractivity contribution in [2.75, 3.05) is 11.9 Å². The summed E-state index contributed by atoms with van der Waals surface area (Å²) in [5.41, 5.74) is 6.74. The van der Waals surface area contributed by atoms with E-state index in [1.165, 1.54) is 11.8 Å². The number of fused-ring (bicyclic) bond motifs is 1. The second kappa shape index (κ2) is 4.99. The Labute approximate surface area is 109 Å². The fourth-order valence-corrected chi connectivity index (χ4v) is 2.75. The fourth-order valence-electron chi connectivity index (χ4n) is 1.82. The summed E-state index contributed by atoms with van der Waals surface area (Å²) in [6, 6.07) is 5.27. The molecule has 1 aromatic carbocycles. The quantitative estimate of drug-likeness (QED) is 0.765. The summed E-state index contributed by atoms with van der Waals surface area (Å²) >= 11 is 1.47. The highest BCUT2D eigenvalue weighted by Gasteiger charge is 2.25. The molecule has 4 N–H and O–H groups in total. The van der Waals surface area contributed by atoms with Gasteiger partial charge in [0.05, 0.1) is 16.9 Å². The van der Waals surface area contributed by atoms with Crippen molar-refractivity contribution in [1.82, 2.24) is 0 Å². The SMILES string of the molecule is CC1Sc2ccc(C(CN)C(=O)O)cc2NC1=O. The molecule has 6 heteroatoms. The van der Waals surface area contributed by atoms with Crippen LogP contribution >= 0.6 is 11.8 Å². The fraction of sp³-hybridized carbons (Fsp3) is 0.333. The smallest absolute Gasteiger partial charge is 0.312 e. The Morgan fingerprint density at radius 1 is 1.61 bits per heavy atom. The van der Waals surface area contributed by atoms with E-state index in [1.54, 1.807) is 12.1 Å². The lowest BCUT2D eigenvalue weighted by molar-refractivity contribution is -0.138. The zero-order chi connectivity index (χ0) is 13.3. The highest BCUT2D eigenvalue weighted by molar-refractivity contribution is 8.00. The Morgan fingerprint density at radius 2 is 2.33 bits per heavy atom. The van der Waals surface area contributed by atoms with Crippen LogP contribution in [-0.4, -0.2) is 28.8 Å². The Hall–Kier alpha value is -1.53. The molecule has 0 aliphatic carbocycles. The lowest BCUT2D eigenvalue weighted by atomic mass is 9.99. The molecule has 0 radical (unpaired) electrons. The van der Waals surface area contributed by atoms with E-state index < -0.39 is 11.9 Å². The third kappa shape index (κ3) is 2.34. The van der Waals surface area contributed by atoms with Gasteiger partial charge in [-0.15, -0.1) is 11.8 Å². The Morgan fingerprint density at radius 3 is 2.94 bits per heavy atom. The second-order valence-corrected chi connectivity index (χ2v) is 5.51. The normalized spacial score (nSPS) is 19.9. The van der Waals surface area contributed by atoms with E-state index in [4.69, 9.17) is 10.8 Å². The van der Waals surface area contributed by atoms with E-state index in [1.807, 2.05) is 13.0 Å². The molecule has 1 amide bonds. The first-order chi connectivity index (χ1) is 8.52. The van der Waals surface area contributed by atoms with Crippen LogP contribution in [-0.2, 0) is 9.59 Å². The summed E-state index contributed by atoms with van der Waals surface area (Å²) in [7, 11) is 0. The van der Waals surface area contributed by atoms with Crippen molar-refractivity contribution in [3.8, 4) is 0 Å². The number of aliphatic carboxylic acids is 1. The van der Waals surface area contributed by atoms with Crippen LogP contribution in [0.4, 0.5) is 5.69 Å². The molecule has 2 unspecified atom stereocenters. The predicted molar refractivity (Wildman–Crippen MR) is 69.8 cm³/mol. The number of thioether (sulfide) groups is 1. The number of anilines is 1. The van der Waals surface area contributed by atoms with Crippen molar-refractivity contribution in [1.29, 1.82) is 0 Å². The summed E-state index contributed by atoms with van der Waals surface area (Å²) in [4.78, 5) is 23.6. The van der Waals surface area contributed by atoms with Crippen LogP contribution in [0.15, 0.2) is 23.1 Å². The number of carboxylic acids is 1. The van der Waals surface area contributed by atoms with Gasteiger partial charge in [0.15, 0.2) is 0 Å². The highest BCUT2D eigenvalue weighted by atomic mass is 32.2. The van der Waals surface area contributed by atoms with Gasteiger partial charge in [-0.3, -0.25) is 9.59 Å². The molecule has 2 rings (SSSR count). The third-order valence-electron chi connectivity index (χ3n) is 2.87. The summed E-state index contributed by atoms with van der Waals surface area (Å²) in [6.07, 6.45) is 0. The average Bonchev–Trinajstić information content (AvgIpc) is 2.31. The zero-order valence-corrected chi connectivity index (χ0v) is 10.7. The van der Waals surface area contributed by atoms with Crippen LogP contribution in [0.5, 0.6) is 0 Å². The standard InChI is InChI=1S/C12H14N2O3S/c1-6-11(15)14-9-4-7(2-3-10(9)18-6)8(5-13)12(16)17/h2-4,6,8H,5,13H2,1H3,(H,14,15)(H,16,17). The number of nitrogens with one attached hydrogen (secondary N) is 1. The summed E-state index contributed by atoms with van der Waals surface area (Å²) in [5, 5.41) is 11.7. The average molecular weight is 266 g/mol. The van der Waals surface area contributed by atoms with E-state index >= 15 is 0 Å². The first-order valence-electron chi connectivity index (χ1n) is 5.57. The van der Waals surface area contributed by atoms with Crippen molar-refractivity contribution in [3.05, 3.63) is 23.8 Å². The minimum Gasteiger partial charge on any atom is -0.481 e. The first kappa shape index (κ1) is 12.9. The van der Waals surface area contributed by atoms with Gasteiger partial charge in [0, 0.05) is 11.4 Å². The van der Waals surface area contributed by atoms with E-state index in [-0.39, 0.29) is 17.7 Å². The number of carbonyl (C=O) groups excluding carboxylic acids is 1. The minimum atomic E-state index is -0.958. The van der Waals surface area contributed by atoms with E-state index in [0.717, 1.165) is 4.90 Å². The molecule has 0 bridgehead atoms. The summed E-state index contributed by atoms with van der Waals surface area (Å²) < 4.78 is 0. The van der Waals surface area contributed by atoms with Gasteiger partial charge < -0.3 is 16.2 Å². The van der Waals surface area contributed by atoms with Gasteiger partial charge in [0.25, 0.3) is 0 Å². The van der Waals surface area contributed by atoms with Crippen molar-refractivity contribution in [2.24, 2.45) is 5.73 Å². The van der Waals surface area contributed by atoms with Crippen molar-refractivity contribution in [3.63, 3.8) is 0 Å². The number of benzene rings is 1. The van der Waals surface area contributed by atoms with E-state index in [2.05, 4.69) is 5.32 Å². The Kier molecular flexibility index (Phi) is 3.58. The third-order valence-corrected chi connectivity index (χ3v) is 4.05. The van der Waals surface area contributed by atoms with Crippen LogP contribution in [0, 0.1) is 0 Å². The maximum Gasteiger partial charge on any atom is 0.312 e. The van der Waals surface area contributed by atoms with Crippen molar-refractivity contribution < 1.29 is 14.7 Å². The molecule has 18 heavy (non-hydrogen) atoms. The van der Waals surface area contributed by atoms with E-state index in [9.17, 15) is 9.59 Å². The van der Waals surface area contributed by atoms with Crippen LogP contribution in [0.25, 0.3) is 0 Å². The molecular weight excluding hydrogens is 252 g/mol. The van der Waals surface area contributed by atoms with Crippen molar-refractivity contribution >= 4 is 29.3 Å². The lowest BCUT2D eigenvalue weighted by Gasteiger charge is -2.22. The molecule has 1 aliphatic rings. The molecule has 5 nitrogen and oxygen atoms in total. The molecule has 1 heterocycles. The monoisotopic (exact) mass is 266 g/mol. The number of amides is 1. The lowest BCUT2D eigenvalue weighted by Crippen LogP contribution is -2.27. The molecule has 1 aromatic rings. The zero-order valence-electron chi connectivity index (χ0n) is 9.84. The number of nitrogens with two attached hydrogens (primary N) is 1. The molecule has 1 aliphatic heterocycles. The maximum atomic E-state index is 11.6. The molecule has 96 valence electrons. The topological polar surface area (TPSA) is 92.4 Å². The number of carboxylic acid groups (broad SMARTS) is 1. The molecule has 2 atom stereocenters. The van der Waals surface area contributed by atoms with E-state index in [0.29, 0.717) is 11.3 Å². The van der Waals surface area contributed by atoms with Gasteiger partial charge in [-0.25, -0.2) is 0 Å². The van der Waals surface area contributed by atoms with Gasteiger partial charge in [-0.1, -0.05) is 6.07 Å². The number of rotatable bonds is 3. The second-order valence-electron chi connectivity index (χ2n) is 4.13. The Bertz CT molecular complexity index is 504. The van der Waals surface area contributed by atoms with Crippen LogP contribution in [0.3, 0.4) is 0 Å². The summed E-state index contributed by atoms with van der Waals surface area (Å²) in [5.74, 6) is -1.76. The molecule has 0 saturated heterocycles. The van der Waals surface area contributed by atoms with Gasteiger partial charge in [-0.2, -0.15) is 0 Å². The maximum absolute atomic E-state index is 11.6.